The number of benzene rings is 1. The third-order valence-corrected chi connectivity index (χ3v) is 2.76. The van der Waals surface area contributed by atoms with Gasteiger partial charge in [0.25, 0.3) is 0 Å². The fraction of sp³-hybridized carbons (Fsp3) is 0.364. The number of carbonyl (C=O) groups is 1. The first-order chi connectivity index (χ1) is 7.18. The summed E-state index contributed by atoms with van der Waals surface area (Å²) in [5, 5.41) is 0. The smallest absolute Gasteiger partial charge is 0.248 e. The second kappa shape index (κ2) is 5.07. The van der Waals surface area contributed by atoms with E-state index in [1.807, 2.05) is 6.07 Å². The number of halogens is 1. The molecule has 1 amide bonds. The lowest BCUT2D eigenvalue weighted by atomic mass is 10.1. The summed E-state index contributed by atoms with van der Waals surface area (Å²) < 4.78 is 0. The van der Waals surface area contributed by atoms with Crippen LogP contribution in [0, 0.1) is 0 Å². The minimum absolute atomic E-state index is 0. The zero-order valence-electron chi connectivity index (χ0n) is 8.98. The summed E-state index contributed by atoms with van der Waals surface area (Å²) >= 11 is 0. The number of amides is 1. The Labute approximate surface area is 101 Å². The monoisotopic (exact) mass is 241 g/mol. The van der Waals surface area contributed by atoms with E-state index in [1.165, 1.54) is 12.8 Å². The number of hydrogen-bond donors (Lipinski definition) is 2. The molecule has 0 aliphatic carbocycles. The molecule has 4 nitrogen and oxygen atoms in total. The number of primary amides is 1. The van der Waals surface area contributed by atoms with E-state index in [4.69, 9.17) is 11.5 Å². The van der Waals surface area contributed by atoms with Gasteiger partial charge < -0.3 is 16.4 Å². The van der Waals surface area contributed by atoms with Gasteiger partial charge in [-0.05, 0) is 31.0 Å². The van der Waals surface area contributed by atoms with E-state index in [2.05, 4.69) is 4.90 Å². The van der Waals surface area contributed by atoms with Crippen LogP contribution in [0.1, 0.15) is 23.2 Å². The van der Waals surface area contributed by atoms with Gasteiger partial charge in [-0.25, -0.2) is 0 Å². The number of rotatable bonds is 2. The third kappa shape index (κ3) is 2.39. The van der Waals surface area contributed by atoms with Gasteiger partial charge in [-0.3, -0.25) is 4.79 Å². The Morgan fingerprint density at radius 3 is 2.38 bits per heavy atom. The van der Waals surface area contributed by atoms with E-state index < -0.39 is 5.91 Å². The van der Waals surface area contributed by atoms with Gasteiger partial charge in [-0.15, -0.1) is 12.4 Å². The SMILES string of the molecule is Cl.NC(=O)c1ccc(N2CCCC2)c(N)c1. The molecule has 1 aliphatic heterocycles. The molecule has 1 heterocycles. The van der Waals surface area contributed by atoms with Crippen LogP contribution in [-0.2, 0) is 0 Å². The predicted molar refractivity (Wildman–Crippen MR) is 68.1 cm³/mol. The van der Waals surface area contributed by atoms with E-state index >= 15 is 0 Å². The molecule has 88 valence electrons. The van der Waals surface area contributed by atoms with Crippen molar-refractivity contribution in [3.63, 3.8) is 0 Å². The summed E-state index contributed by atoms with van der Waals surface area (Å²) in [5.41, 5.74) is 13.2. The lowest BCUT2D eigenvalue weighted by Gasteiger charge is -2.19. The van der Waals surface area contributed by atoms with Gasteiger partial charge in [-0.2, -0.15) is 0 Å². The average Bonchev–Trinajstić information content (AvgIpc) is 2.70. The molecular weight excluding hydrogens is 226 g/mol. The number of carbonyl (C=O) groups excluding carboxylic acids is 1. The van der Waals surface area contributed by atoms with Gasteiger partial charge in [0.1, 0.15) is 0 Å². The van der Waals surface area contributed by atoms with Crippen LogP contribution >= 0.6 is 12.4 Å². The molecule has 0 atom stereocenters. The lowest BCUT2D eigenvalue weighted by molar-refractivity contribution is 0.100. The summed E-state index contributed by atoms with van der Waals surface area (Å²) in [6.45, 7) is 2.08. The largest absolute Gasteiger partial charge is 0.397 e. The summed E-state index contributed by atoms with van der Waals surface area (Å²) in [6, 6.07) is 5.25. The van der Waals surface area contributed by atoms with Gasteiger partial charge in [-0.1, -0.05) is 0 Å². The van der Waals surface area contributed by atoms with Gasteiger partial charge in [0.2, 0.25) is 5.91 Å². The highest BCUT2D eigenvalue weighted by Gasteiger charge is 2.15. The first kappa shape index (κ1) is 12.6. The van der Waals surface area contributed by atoms with E-state index in [9.17, 15) is 4.79 Å². The van der Waals surface area contributed by atoms with Crippen molar-refractivity contribution in [3.05, 3.63) is 23.8 Å². The summed E-state index contributed by atoms with van der Waals surface area (Å²) in [6.07, 6.45) is 2.41. The fourth-order valence-electron chi connectivity index (χ4n) is 1.95. The maximum atomic E-state index is 10.9. The highest BCUT2D eigenvalue weighted by atomic mass is 35.5. The van der Waals surface area contributed by atoms with Gasteiger partial charge in [0, 0.05) is 18.7 Å². The van der Waals surface area contributed by atoms with Crippen LogP contribution < -0.4 is 16.4 Å². The maximum Gasteiger partial charge on any atom is 0.248 e. The van der Waals surface area contributed by atoms with Crippen molar-refractivity contribution >= 4 is 29.7 Å². The zero-order chi connectivity index (χ0) is 10.8. The molecule has 0 radical (unpaired) electrons. The Kier molecular flexibility index (Phi) is 4.01. The number of anilines is 2. The highest BCUT2D eigenvalue weighted by Crippen LogP contribution is 2.27. The Morgan fingerprint density at radius 1 is 1.25 bits per heavy atom. The van der Waals surface area contributed by atoms with Crippen molar-refractivity contribution in [3.8, 4) is 0 Å². The fourth-order valence-corrected chi connectivity index (χ4v) is 1.95. The number of hydrogen-bond acceptors (Lipinski definition) is 3. The molecule has 4 N–H and O–H groups in total. The number of nitrogens with zero attached hydrogens (tertiary/aromatic N) is 1. The lowest BCUT2D eigenvalue weighted by Crippen LogP contribution is -2.19. The van der Waals surface area contributed by atoms with Crippen LogP contribution in [0.5, 0.6) is 0 Å². The van der Waals surface area contributed by atoms with E-state index in [-0.39, 0.29) is 12.4 Å². The third-order valence-electron chi connectivity index (χ3n) is 2.76. The molecule has 1 aromatic rings. The topological polar surface area (TPSA) is 72.4 Å². The van der Waals surface area contributed by atoms with Crippen molar-refractivity contribution in [2.45, 2.75) is 12.8 Å². The van der Waals surface area contributed by atoms with Crippen molar-refractivity contribution in [2.24, 2.45) is 5.73 Å². The first-order valence-electron chi connectivity index (χ1n) is 5.13. The van der Waals surface area contributed by atoms with Crippen molar-refractivity contribution in [1.29, 1.82) is 0 Å². The van der Waals surface area contributed by atoms with Crippen LogP contribution in [-0.4, -0.2) is 19.0 Å². The second-order valence-electron chi connectivity index (χ2n) is 3.83. The summed E-state index contributed by atoms with van der Waals surface area (Å²) in [7, 11) is 0. The Bertz CT molecular complexity index is 389. The Morgan fingerprint density at radius 2 is 1.88 bits per heavy atom. The molecule has 0 aromatic heterocycles. The zero-order valence-corrected chi connectivity index (χ0v) is 9.80. The molecule has 1 fully saturated rings. The molecule has 1 aromatic carbocycles. The normalized spacial score (nSPS) is 14.6. The molecule has 0 bridgehead atoms. The first-order valence-corrected chi connectivity index (χ1v) is 5.13. The molecule has 5 heteroatoms. The van der Waals surface area contributed by atoms with Crippen molar-refractivity contribution < 1.29 is 4.79 Å². The molecule has 1 saturated heterocycles. The Hall–Kier alpha value is -1.42. The van der Waals surface area contributed by atoms with Gasteiger partial charge in [0.05, 0.1) is 11.4 Å². The van der Waals surface area contributed by atoms with E-state index in [0.717, 1.165) is 18.8 Å². The number of nitrogen functional groups attached to an aromatic ring is 1. The average molecular weight is 242 g/mol. The van der Waals surface area contributed by atoms with E-state index in [1.54, 1.807) is 12.1 Å². The Balaban J connectivity index is 0.00000128. The molecule has 1 aliphatic rings. The van der Waals surface area contributed by atoms with Crippen molar-refractivity contribution in [2.75, 3.05) is 23.7 Å². The molecule has 0 saturated carbocycles. The van der Waals surface area contributed by atoms with Gasteiger partial charge in [0.15, 0.2) is 0 Å². The quantitative estimate of drug-likeness (QED) is 0.769. The van der Waals surface area contributed by atoms with Crippen molar-refractivity contribution in [1.82, 2.24) is 0 Å². The summed E-state index contributed by atoms with van der Waals surface area (Å²) in [4.78, 5) is 13.2. The molecular formula is C11H16ClN3O. The van der Waals surface area contributed by atoms with Crippen LogP contribution in [0.4, 0.5) is 11.4 Å². The minimum atomic E-state index is -0.435. The predicted octanol–water partition coefficient (Wildman–Crippen LogP) is 1.39. The highest BCUT2D eigenvalue weighted by molar-refractivity contribution is 5.94. The molecule has 2 rings (SSSR count). The van der Waals surface area contributed by atoms with Gasteiger partial charge >= 0.3 is 0 Å². The standard InChI is InChI=1S/C11H15N3O.ClH/c12-9-7-8(11(13)15)3-4-10(9)14-5-1-2-6-14;/h3-4,7H,1-2,5-6,12H2,(H2,13,15);1H. The van der Waals surface area contributed by atoms with Crippen LogP contribution in [0.2, 0.25) is 0 Å². The molecule has 16 heavy (non-hydrogen) atoms. The van der Waals surface area contributed by atoms with E-state index in [0.29, 0.717) is 11.3 Å². The second-order valence-corrected chi connectivity index (χ2v) is 3.83. The number of nitrogens with two attached hydrogens (primary N) is 2. The minimum Gasteiger partial charge on any atom is -0.397 e. The summed E-state index contributed by atoms with van der Waals surface area (Å²) in [5.74, 6) is -0.435. The molecule has 0 unspecified atom stereocenters. The van der Waals surface area contributed by atoms with Crippen LogP contribution in [0.25, 0.3) is 0 Å². The van der Waals surface area contributed by atoms with Crippen LogP contribution in [0.15, 0.2) is 18.2 Å². The maximum absolute atomic E-state index is 10.9. The van der Waals surface area contributed by atoms with Crippen LogP contribution in [0.3, 0.4) is 0 Å². The molecule has 0 spiro atoms.